The van der Waals surface area contributed by atoms with Gasteiger partial charge in [-0.05, 0) is 6.42 Å². The van der Waals surface area contributed by atoms with Gasteiger partial charge in [-0.3, -0.25) is 0 Å². The Balaban J connectivity index is 0. The number of unbranched alkanes of at least 4 members (excludes halogenated alkanes) is 2. The van der Waals surface area contributed by atoms with E-state index in [-0.39, 0.29) is 0 Å². The molecule has 0 aliphatic rings. The first-order valence-electron chi connectivity index (χ1n) is 3.13. The molecule has 66 valence electrons. The van der Waals surface area contributed by atoms with E-state index < -0.39 is 7.82 Å². The van der Waals surface area contributed by atoms with Crippen molar-refractivity contribution in [3.05, 3.63) is 0 Å². The molecule has 11 heavy (non-hydrogen) atoms. The molecule has 0 fully saturated rings. The summed E-state index contributed by atoms with van der Waals surface area (Å²) in [5.74, 6) is 2.57. The lowest BCUT2D eigenvalue weighted by molar-refractivity contribution is 0.275. The van der Waals surface area contributed by atoms with Gasteiger partial charge in [0.2, 0.25) is 0 Å². The highest BCUT2D eigenvalue weighted by Crippen LogP contribution is 2.25. The molecule has 0 aliphatic carbocycles. The molecule has 0 radical (unpaired) electrons. The summed E-state index contributed by atoms with van der Waals surface area (Å²) in [5, 5.41) is 0. The van der Waals surface area contributed by atoms with Crippen LogP contribution in [0.15, 0.2) is 0 Å². The van der Waals surface area contributed by atoms with Crippen LogP contribution in [0.2, 0.25) is 0 Å². The average molecular weight is 180 g/mol. The molecule has 4 nitrogen and oxygen atoms in total. The second-order valence-electron chi connectivity index (χ2n) is 1.82. The highest BCUT2D eigenvalue weighted by atomic mass is 31.2. The van der Waals surface area contributed by atoms with Crippen LogP contribution in [-0.4, -0.2) is 14.7 Å². The largest absolute Gasteiger partial charge is 0.466 e. The maximum atomic E-state index is 8.88. The van der Waals surface area contributed by atoms with E-state index in [0.29, 0.717) is 0 Å². The minimum atomic E-state index is -4.64. The predicted octanol–water partition coefficient (Wildman–Crippen LogP) is 0.881. The zero-order valence-electron chi connectivity index (χ0n) is 6.40. The van der Waals surface area contributed by atoms with E-state index in [1.807, 2.05) is 0 Å². The SMILES string of the molecule is C#CCCCC.O=P(O)(O)O. The number of rotatable bonds is 2. The van der Waals surface area contributed by atoms with Crippen LogP contribution in [0.5, 0.6) is 0 Å². The Labute approximate surface area is 66.5 Å². The molecule has 0 aromatic heterocycles. The van der Waals surface area contributed by atoms with E-state index in [4.69, 9.17) is 25.7 Å². The van der Waals surface area contributed by atoms with Crippen molar-refractivity contribution in [3.63, 3.8) is 0 Å². The van der Waals surface area contributed by atoms with E-state index in [9.17, 15) is 0 Å². The Morgan fingerprint density at radius 2 is 1.82 bits per heavy atom. The van der Waals surface area contributed by atoms with Crippen LogP contribution in [0, 0.1) is 12.3 Å². The van der Waals surface area contributed by atoms with Gasteiger partial charge in [0.1, 0.15) is 0 Å². The van der Waals surface area contributed by atoms with Gasteiger partial charge in [-0.2, -0.15) is 0 Å². The third-order valence-corrected chi connectivity index (χ3v) is 0.675. The summed E-state index contributed by atoms with van der Waals surface area (Å²) >= 11 is 0. The average Bonchev–Trinajstić information content (AvgIpc) is 1.79. The second kappa shape index (κ2) is 7.77. The van der Waals surface area contributed by atoms with E-state index in [1.54, 1.807) is 0 Å². The van der Waals surface area contributed by atoms with Crippen LogP contribution in [0.4, 0.5) is 0 Å². The van der Waals surface area contributed by atoms with Gasteiger partial charge in [-0.15, -0.1) is 12.3 Å². The van der Waals surface area contributed by atoms with Gasteiger partial charge in [-0.1, -0.05) is 13.3 Å². The molecule has 0 bridgehead atoms. The van der Waals surface area contributed by atoms with Crippen molar-refractivity contribution in [1.29, 1.82) is 0 Å². The first kappa shape index (κ1) is 13.3. The van der Waals surface area contributed by atoms with E-state index in [2.05, 4.69) is 12.8 Å². The molecular weight excluding hydrogens is 167 g/mol. The molecular formula is C6H13O4P. The summed E-state index contributed by atoms with van der Waals surface area (Å²) in [4.78, 5) is 21.6. The summed E-state index contributed by atoms with van der Waals surface area (Å²) in [6.45, 7) is 2.14. The van der Waals surface area contributed by atoms with Crippen molar-refractivity contribution in [2.24, 2.45) is 0 Å². The molecule has 0 aliphatic heterocycles. The first-order valence-corrected chi connectivity index (χ1v) is 4.70. The van der Waals surface area contributed by atoms with Gasteiger partial charge in [0, 0.05) is 6.42 Å². The number of hydrogen-bond acceptors (Lipinski definition) is 1. The topological polar surface area (TPSA) is 77.8 Å². The van der Waals surface area contributed by atoms with Crippen molar-refractivity contribution < 1.29 is 19.2 Å². The molecule has 0 saturated carbocycles. The van der Waals surface area contributed by atoms with Gasteiger partial charge in [-0.25, -0.2) is 4.57 Å². The molecule has 5 heteroatoms. The first-order chi connectivity index (χ1) is 4.91. The smallest absolute Gasteiger partial charge is 0.303 e. The quantitative estimate of drug-likeness (QED) is 0.335. The van der Waals surface area contributed by atoms with Crippen molar-refractivity contribution in [1.82, 2.24) is 0 Å². The van der Waals surface area contributed by atoms with Crippen molar-refractivity contribution >= 4 is 7.82 Å². The van der Waals surface area contributed by atoms with Crippen LogP contribution < -0.4 is 0 Å². The molecule has 0 aromatic carbocycles. The van der Waals surface area contributed by atoms with Gasteiger partial charge in [0.05, 0.1) is 0 Å². The molecule has 0 rings (SSSR count). The standard InChI is InChI=1S/C6H10.H3O4P/c1-3-5-6-4-2;1-5(2,3)4/h1H,4-6H2,2H3;(H3,1,2,3,4). The summed E-state index contributed by atoms with van der Waals surface area (Å²) < 4.78 is 8.88. The summed E-state index contributed by atoms with van der Waals surface area (Å²) in [7, 11) is -4.64. The van der Waals surface area contributed by atoms with Crippen LogP contribution >= 0.6 is 7.82 Å². The lowest BCUT2D eigenvalue weighted by Crippen LogP contribution is -1.66. The lowest BCUT2D eigenvalue weighted by Gasteiger charge is -1.82. The molecule has 3 N–H and O–H groups in total. The Kier molecular flexibility index (Phi) is 9.38. The third-order valence-electron chi connectivity index (χ3n) is 0.675. The molecule has 0 aromatic rings. The second-order valence-corrected chi connectivity index (χ2v) is 2.85. The van der Waals surface area contributed by atoms with Gasteiger partial charge in [0.15, 0.2) is 0 Å². The van der Waals surface area contributed by atoms with Crippen molar-refractivity contribution in [2.75, 3.05) is 0 Å². The molecule has 0 atom stereocenters. The highest BCUT2D eigenvalue weighted by molar-refractivity contribution is 7.45. The summed E-state index contributed by atoms with van der Waals surface area (Å²) in [5.41, 5.74) is 0. The van der Waals surface area contributed by atoms with E-state index in [1.165, 1.54) is 12.8 Å². The van der Waals surface area contributed by atoms with E-state index >= 15 is 0 Å². The van der Waals surface area contributed by atoms with Gasteiger partial charge >= 0.3 is 7.82 Å². The fraction of sp³-hybridized carbons (Fsp3) is 0.667. The molecule has 0 spiro atoms. The highest BCUT2D eigenvalue weighted by Gasteiger charge is 2.00. The number of phosphoric acid groups is 1. The maximum absolute atomic E-state index is 8.88. The van der Waals surface area contributed by atoms with Crippen LogP contribution in [0.3, 0.4) is 0 Å². The van der Waals surface area contributed by atoms with Crippen molar-refractivity contribution in [3.8, 4) is 12.3 Å². The number of terminal acetylenes is 1. The summed E-state index contributed by atoms with van der Waals surface area (Å²) in [6, 6.07) is 0. The molecule has 0 amide bonds. The predicted molar refractivity (Wildman–Crippen MR) is 42.6 cm³/mol. The Morgan fingerprint density at radius 1 is 1.45 bits per heavy atom. The van der Waals surface area contributed by atoms with Crippen LogP contribution in [-0.2, 0) is 4.57 Å². The zero-order valence-corrected chi connectivity index (χ0v) is 7.29. The normalized spacial score (nSPS) is 9.36. The fourth-order valence-electron chi connectivity index (χ4n) is 0.279. The molecule has 0 saturated heterocycles. The monoisotopic (exact) mass is 180 g/mol. The van der Waals surface area contributed by atoms with Gasteiger partial charge < -0.3 is 14.7 Å². The zero-order chi connectivity index (χ0) is 9.33. The van der Waals surface area contributed by atoms with Gasteiger partial charge in [0.25, 0.3) is 0 Å². The Bertz CT molecular complexity index is 146. The Morgan fingerprint density at radius 3 is 1.91 bits per heavy atom. The van der Waals surface area contributed by atoms with Crippen LogP contribution in [0.25, 0.3) is 0 Å². The Hall–Kier alpha value is -0.330. The van der Waals surface area contributed by atoms with Crippen molar-refractivity contribution in [2.45, 2.75) is 26.2 Å². The minimum Gasteiger partial charge on any atom is -0.303 e. The number of hydrogen-bond donors (Lipinski definition) is 3. The van der Waals surface area contributed by atoms with Crippen LogP contribution in [0.1, 0.15) is 26.2 Å². The molecule has 0 heterocycles. The minimum absolute atomic E-state index is 0.941. The maximum Gasteiger partial charge on any atom is 0.466 e. The molecule has 0 unspecified atom stereocenters. The fourth-order valence-corrected chi connectivity index (χ4v) is 0.279. The third kappa shape index (κ3) is 79.8. The summed E-state index contributed by atoms with van der Waals surface area (Å²) in [6.07, 6.45) is 8.30. The lowest BCUT2D eigenvalue weighted by atomic mass is 10.3. The van der Waals surface area contributed by atoms with E-state index in [0.717, 1.165) is 6.42 Å².